The van der Waals surface area contributed by atoms with Crippen molar-refractivity contribution in [3.8, 4) is 17.2 Å². The van der Waals surface area contributed by atoms with Gasteiger partial charge in [-0.3, -0.25) is 14.9 Å². The standard InChI is InChI=1S/C19H21N3O6/c1-27-17-6-4-3-5-14(17)20-7-9-21(10-8-20)19(24)13-11-18(28-2)16(23)12-15(13)22(25)26/h3-6,11-12,23H,7-10H2,1-2H3. The van der Waals surface area contributed by atoms with Gasteiger partial charge >= 0.3 is 0 Å². The number of hydrogen-bond donors (Lipinski definition) is 1. The first-order chi connectivity index (χ1) is 13.5. The number of methoxy groups -OCH3 is 2. The van der Waals surface area contributed by atoms with Crippen LogP contribution in [-0.4, -0.2) is 61.2 Å². The van der Waals surface area contributed by atoms with Crippen LogP contribution in [0.4, 0.5) is 11.4 Å². The maximum absolute atomic E-state index is 12.9. The molecule has 1 N–H and O–H groups in total. The van der Waals surface area contributed by atoms with E-state index in [2.05, 4.69) is 4.90 Å². The van der Waals surface area contributed by atoms with Crippen molar-refractivity contribution < 1.29 is 24.3 Å². The Labute approximate surface area is 161 Å². The van der Waals surface area contributed by atoms with E-state index >= 15 is 0 Å². The summed E-state index contributed by atoms with van der Waals surface area (Å²) < 4.78 is 10.4. The number of carbonyl (C=O) groups is 1. The molecule has 0 aliphatic carbocycles. The van der Waals surface area contributed by atoms with E-state index in [9.17, 15) is 20.0 Å². The number of aromatic hydroxyl groups is 1. The van der Waals surface area contributed by atoms with Crippen molar-refractivity contribution in [2.75, 3.05) is 45.3 Å². The molecule has 0 aromatic heterocycles. The molecule has 0 saturated carbocycles. The number of nitro benzene ring substituents is 1. The van der Waals surface area contributed by atoms with Crippen molar-refractivity contribution in [2.45, 2.75) is 0 Å². The van der Waals surface area contributed by atoms with Gasteiger partial charge in [0.2, 0.25) is 0 Å². The fourth-order valence-electron chi connectivity index (χ4n) is 3.26. The molecule has 2 aromatic carbocycles. The number of anilines is 1. The van der Waals surface area contributed by atoms with Crippen molar-refractivity contribution >= 4 is 17.3 Å². The van der Waals surface area contributed by atoms with Crippen LogP contribution in [0, 0.1) is 10.1 Å². The van der Waals surface area contributed by atoms with Gasteiger partial charge in [0, 0.05) is 32.2 Å². The van der Waals surface area contributed by atoms with E-state index in [0.29, 0.717) is 26.2 Å². The van der Waals surface area contributed by atoms with E-state index < -0.39 is 16.5 Å². The first kappa shape index (κ1) is 19.3. The van der Waals surface area contributed by atoms with E-state index in [-0.39, 0.29) is 17.1 Å². The summed E-state index contributed by atoms with van der Waals surface area (Å²) >= 11 is 0. The number of carbonyl (C=O) groups excluding carboxylic acids is 1. The minimum absolute atomic E-state index is 0.0154. The molecular formula is C19H21N3O6. The molecule has 9 heteroatoms. The fraction of sp³-hybridized carbons (Fsp3) is 0.316. The summed E-state index contributed by atoms with van der Waals surface area (Å²) in [5.74, 6) is -0.0841. The third-order valence-electron chi connectivity index (χ3n) is 4.72. The number of nitro groups is 1. The molecule has 1 amide bonds. The number of benzene rings is 2. The number of rotatable bonds is 5. The molecule has 2 aromatic rings. The molecule has 1 heterocycles. The minimum Gasteiger partial charge on any atom is -0.504 e. The van der Waals surface area contributed by atoms with Crippen molar-refractivity contribution in [3.05, 3.63) is 52.1 Å². The van der Waals surface area contributed by atoms with Gasteiger partial charge in [-0.05, 0) is 12.1 Å². The number of para-hydroxylation sites is 2. The molecule has 0 unspecified atom stereocenters. The van der Waals surface area contributed by atoms with Crippen LogP contribution in [0.25, 0.3) is 0 Å². The maximum atomic E-state index is 12.9. The van der Waals surface area contributed by atoms with Gasteiger partial charge in [-0.15, -0.1) is 0 Å². The predicted molar refractivity (Wildman–Crippen MR) is 102 cm³/mol. The lowest BCUT2D eigenvalue weighted by Gasteiger charge is -2.36. The van der Waals surface area contributed by atoms with Crippen LogP contribution in [0.2, 0.25) is 0 Å². The van der Waals surface area contributed by atoms with Gasteiger partial charge in [-0.1, -0.05) is 12.1 Å². The summed E-state index contributed by atoms with van der Waals surface area (Å²) in [5.41, 5.74) is 0.384. The lowest BCUT2D eigenvalue weighted by Crippen LogP contribution is -2.49. The number of phenols is 1. The van der Waals surface area contributed by atoms with Crippen LogP contribution in [0.3, 0.4) is 0 Å². The average Bonchev–Trinajstić information content (AvgIpc) is 2.73. The lowest BCUT2D eigenvalue weighted by atomic mass is 10.1. The quantitative estimate of drug-likeness (QED) is 0.620. The molecular weight excluding hydrogens is 366 g/mol. The molecule has 148 valence electrons. The third kappa shape index (κ3) is 3.64. The van der Waals surface area contributed by atoms with Gasteiger partial charge in [0.1, 0.15) is 11.3 Å². The SMILES string of the molecule is COc1cc(C(=O)N2CCN(c3ccccc3OC)CC2)c([N+](=O)[O-])cc1O. The molecule has 1 aliphatic rings. The monoisotopic (exact) mass is 387 g/mol. The van der Waals surface area contributed by atoms with Gasteiger partial charge in [-0.2, -0.15) is 0 Å². The van der Waals surface area contributed by atoms with Crippen molar-refractivity contribution in [1.29, 1.82) is 0 Å². The summed E-state index contributed by atoms with van der Waals surface area (Å²) in [5, 5.41) is 21.1. The molecule has 1 aliphatic heterocycles. The zero-order valence-electron chi connectivity index (χ0n) is 15.6. The Morgan fingerprint density at radius 1 is 1.07 bits per heavy atom. The van der Waals surface area contributed by atoms with Crippen LogP contribution in [0.1, 0.15) is 10.4 Å². The molecule has 28 heavy (non-hydrogen) atoms. The Morgan fingerprint density at radius 3 is 2.32 bits per heavy atom. The molecule has 0 spiro atoms. The largest absolute Gasteiger partial charge is 0.504 e. The highest BCUT2D eigenvalue weighted by molar-refractivity contribution is 5.99. The Morgan fingerprint density at radius 2 is 1.71 bits per heavy atom. The van der Waals surface area contributed by atoms with Gasteiger partial charge < -0.3 is 24.4 Å². The summed E-state index contributed by atoms with van der Waals surface area (Å²) in [6, 6.07) is 9.78. The molecule has 0 radical (unpaired) electrons. The summed E-state index contributed by atoms with van der Waals surface area (Å²) in [6.45, 7) is 1.93. The number of phenolic OH excluding ortho intramolecular Hbond substituents is 1. The first-order valence-electron chi connectivity index (χ1n) is 8.69. The lowest BCUT2D eigenvalue weighted by molar-refractivity contribution is -0.385. The Bertz CT molecular complexity index is 893. The summed E-state index contributed by atoms with van der Waals surface area (Å²) in [7, 11) is 2.93. The van der Waals surface area contributed by atoms with Crippen LogP contribution >= 0.6 is 0 Å². The zero-order chi connectivity index (χ0) is 20.3. The Hall–Kier alpha value is -3.49. The highest BCUT2D eigenvalue weighted by atomic mass is 16.6. The second-order valence-corrected chi connectivity index (χ2v) is 6.25. The number of amides is 1. The molecule has 0 atom stereocenters. The van der Waals surface area contributed by atoms with Crippen LogP contribution in [0.15, 0.2) is 36.4 Å². The molecule has 1 saturated heterocycles. The molecule has 9 nitrogen and oxygen atoms in total. The Balaban J connectivity index is 1.80. The van der Waals surface area contributed by atoms with Crippen LogP contribution < -0.4 is 14.4 Å². The second kappa shape index (κ2) is 8.03. The van der Waals surface area contributed by atoms with Gasteiger partial charge in [-0.25, -0.2) is 0 Å². The highest BCUT2D eigenvalue weighted by Gasteiger charge is 2.30. The summed E-state index contributed by atoms with van der Waals surface area (Å²) in [4.78, 5) is 27.2. The fourth-order valence-corrected chi connectivity index (χ4v) is 3.26. The second-order valence-electron chi connectivity index (χ2n) is 6.25. The molecule has 0 bridgehead atoms. The zero-order valence-corrected chi connectivity index (χ0v) is 15.6. The smallest absolute Gasteiger partial charge is 0.286 e. The van der Waals surface area contributed by atoms with Crippen molar-refractivity contribution in [2.24, 2.45) is 0 Å². The van der Waals surface area contributed by atoms with Crippen molar-refractivity contribution in [1.82, 2.24) is 4.90 Å². The predicted octanol–water partition coefficient (Wildman–Crippen LogP) is 2.28. The average molecular weight is 387 g/mol. The van der Waals surface area contributed by atoms with E-state index in [4.69, 9.17) is 9.47 Å². The molecule has 3 rings (SSSR count). The normalized spacial score (nSPS) is 13.9. The summed E-state index contributed by atoms with van der Waals surface area (Å²) in [6.07, 6.45) is 0. The van der Waals surface area contributed by atoms with Gasteiger partial charge in [0.15, 0.2) is 11.5 Å². The van der Waals surface area contributed by atoms with E-state index in [1.54, 1.807) is 12.0 Å². The van der Waals surface area contributed by atoms with Gasteiger partial charge in [0.05, 0.1) is 30.9 Å². The van der Waals surface area contributed by atoms with E-state index in [0.717, 1.165) is 17.5 Å². The third-order valence-corrected chi connectivity index (χ3v) is 4.72. The number of ether oxygens (including phenoxy) is 2. The maximum Gasteiger partial charge on any atom is 0.286 e. The van der Waals surface area contributed by atoms with Crippen molar-refractivity contribution in [3.63, 3.8) is 0 Å². The number of hydrogen-bond acceptors (Lipinski definition) is 7. The first-order valence-corrected chi connectivity index (χ1v) is 8.69. The van der Waals surface area contributed by atoms with Crippen LogP contribution in [0.5, 0.6) is 17.2 Å². The van der Waals surface area contributed by atoms with E-state index in [1.165, 1.54) is 13.2 Å². The highest BCUT2D eigenvalue weighted by Crippen LogP contribution is 2.35. The topological polar surface area (TPSA) is 105 Å². The van der Waals surface area contributed by atoms with Gasteiger partial charge in [0.25, 0.3) is 11.6 Å². The van der Waals surface area contributed by atoms with Crippen LogP contribution in [-0.2, 0) is 0 Å². The number of piperazine rings is 1. The number of nitrogens with zero attached hydrogens (tertiary/aromatic N) is 3. The van der Waals surface area contributed by atoms with E-state index in [1.807, 2.05) is 24.3 Å². The minimum atomic E-state index is -0.683. The Kier molecular flexibility index (Phi) is 5.53. The molecule has 1 fully saturated rings.